The Morgan fingerprint density at radius 1 is 1.20 bits per heavy atom. The summed E-state index contributed by atoms with van der Waals surface area (Å²) in [6.45, 7) is 4.74. The van der Waals surface area contributed by atoms with Crippen LogP contribution in [0.4, 0.5) is 5.69 Å². The molecule has 2 rings (SSSR count). The molecule has 0 amide bonds. The van der Waals surface area contributed by atoms with Gasteiger partial charge < -0.3 is 10.1 Å². The van der Waals surface area contributed by atoms with Gasteiger partial charge in [-0.3, -0.25) is 4.98 Å². The first kappa shape index (κ1) is 15.1. The number of anilines is 1. The number of ether oxygens (including phenoxy) is 1. The summed E-state index contributed by atoms with van der Waals surface area (Å²) in [6, 6.07) is 7.78. The Hall–Kier alpha value is -1.32. The number of nitrogens with one attached hydrogen (secondary N) is 1. The number of unbranched alkanes of at least 4 members (excludes halogenated alkanes) is 1. The average molecular weight is 293 g/mol. The van der Waals surface area contributed by atoms with Gasteiger partial charge in [-0.25, -0.2) is 0 Å². The molecule has 0 atom stereocenters. The van der Waals surface area contributed by atoms with Gasteiger partial charge in [0.2, 0.25) is 0 Å². The fourth-order valence-electron chi connectivity index (χ4n) is 2.02. The minimum atomic E-state index is 0.714. The van der Waals surface area contributed by atoms with Gasteiger partial charge in [0, 0.05) is 42.1 Å². The van der Waals surface area contributed by atoms with Crippen molar-refractivity contribution >= 4 is 28.2 Å². The number of pyridine rings is 1. The minimum Gasteiger partial charge on any atom is -0.384 e. The molecular weight excluding hydrogens is 272 g/mol. The van der Waals surface area contributed by atoms with Gasteiger partial charge >= 0.3 is 0 Å². The molecule has 1 aromatic carbocycles. The summed E-state index contributed by atoms with van der Waals surface area (Å²) < 4.78 is 5.55. The Balaban J connectivity index is 1.84. The van der Waals surface area contributed by atoms with Gasteiger partial charge in [0.15, 0.2) is 0 Å². The first-order chi connectivity index (χ1) is 9.81. The van der Waals surface area contributed by atoms with Crippen LogP contribution in [0.25, 0.3) is 10.9 Å². The first-order valence-corrected chi connectivity index (χ1v) is 7.55. The molecule has 4 heteroatoms. The second kappa shape index (κ2) is 8.08. The van der Waals surface area contributed by atoms with Crippen LogP contribution >= 0.6 is 11.6 Å². The van der Waals surface area contributed by atoms with E-state index < -0.39 is 0 Å². The third kappa shape index (κ3) is 4.36. The average Bonchev–Trinajstić information content (AvgIpc) is 2.46. The molecular formula is C16H21ClN2O. The van der Waals surface area contributed by atoms with E-state index in [9.17, 15) is 0 Å². The van der Waals surface area contributed by atoms with Crippen LogP contribution < -0.4 is 5.32 Å². The maximum absolute atomic E-state index is 5.98. The van der Waals surface area contributed by atoms with E-state index in [0.717, 1.165) is 49.2 Å². The highest BCUT2D eigenvalue weighted by atomic mass is 35.5. The molecule has 0 radical (unpaired) electrons. The van der Waals surface area contributed by atoms with Crippen molar-refractivity contribution in [1.29, 1.82) is 0 Å². The predicted molar refractivity (Wildman–Crippen MR) is 85.6 cm³/mol. The van der Waals surface area contributed by atoms with Crippen molar-refractivity contribution in [2.75, 3.05) is 25.1 Å². The molecule has 108 valence electrons. The van der Waals surface area contributed by atoms with Crippen LogP contribution in [0.3, 0.4) is 0 Å². The maximum Gasteiger partial charge on any atom is 0.0737 e. The number of nitrogens with zero attached hydrogens (tertiary/aromatic N) is 1. The van der Waals surface area contributed by atoms with Crippen LogP contribution in [-0.2, 0) is 4.74 Å². The quantitative estimate of drug-likeness (QED) is 0.727. The molecule has 1 aromatic heterocycles. The SMILES string of the molecule is CCCCOCCCNc1ccnc2cc(Cl)ccc12. The third-order valence-corrected chi connectivity index (χ3v) is 3.36. The number of benzene rings is 1. The first-order valence-electron chi connectivity index (χ1n) is 7.17. The second-order valence-electron chi connectivity index (χ2n) is 4.77. The highest BCUT2D eigenvalue weighted by Crippen LogP contribution is 2.24. The van der Waals surface area contributed by atoms with E-state index in [-0.39, 0.29) is 0 Å². The Bertz CT molecular complexity index is 545. The number of hydrogen-bond acceptors (Lipinski definition) is 3. The molecule has 1 heterocycles. The lowest BCUT2D eigenvalue weighted by Crippen LogP contribution is -2.06. The predicted octanol–water partition coefficient (Wildman–Crippen LogP) is 4.51. The highest BCUT2D eigenvalue weighted by molar-refractivity contribution is 6.31. The zero-order chi connectivity index (χ0) is 14.2. The fraction of sp³-hybridized carbons (Fsp3) is 0.438. The normalized spacial score (nSPS) is 10.9. The molecule has 0 saturated heterocycles. The molecule has 0 aliphatic rings. The van der Waals surface area contributed by atoms with E-state index in [1.807, 2.05) is 24.3 Å². The molecule has 0 bridgehead atoms. The van der Waals surface area contributed by atoms with Gasteiger partial charge in [-0.1, -0.05) is 24.9 Å². The van der Waals surface area contributed by atoms with Crippen LogP contribution in [0.5, 0.6) is 0 Å². The summed E-state index contributed by atoms with van der Waals surface area (Å²) in [5.74, 6) is 0. The van der Waals surface area contributed by atoms with Gasteiger partial charge in [-0.15, -0.1) is 0 Å². The van der Waals surface area contributed by atoms with Crippen molar-refractivity contribution < 1.29 is 4.74 Å². The van der Waals surface area contributed by atoms with Crippen molar-refractivity contribution in [1.82, 2.24) is 4.98 Å². The van der Waals surface area contributed by atoms with Crippen molar-refractivity contribution in [3.8, 4) is 0 Å². The fourth-order valence-corrected chi connectivity index (χ4v) is 2.19. The second-order valence-corrected chi connectivity index (χ2v) is 5.20. The van der Waals surface area contributed by atoms with Gasteiger partial charge in [0.1, 0.15) is 0 Å². The lowest BCUT2D eigenvalue weighted by atomic mass is 10.2. The summed E-state index contributed by atoms with van der Waals surface area (Å²) >= 11 is 5.98. The smallest absolute Gasteiger partial charge is 0.0737 e. The number of aromatic nitrogens is 1. The summed E-state index contributed by atoms with van der Waals surface area (Å²) in [5, 5.41) is 5.25. The largest absolute Gasteiger partial charge is 0.384 e. The number of hydrogen-bond donors (Lipinski definition) is 1. The van der Waals surface area contributed by atoms with Gasteiger partial charge in [-0.2, -0.15) is 0 Å². The zero-order valence-corrected chi connectivity index (χ0v) is 12.6. The molecule has 0 fully saturated rings. The molecule has 0 aliphatic carbocycles. The molecule has 3 nitrogen and oxygen atoms in total. The van der Waals surface area contributed by atoms with Crippen LogP contribution in [0, 0.1) is 0 Å². The van der Waals surface area contributed by atoms with E-state index in [1.165, 1.54) is 6.42 Å². The third-order valence-electron chi connectivity index (χ3n) is 3.13. The highest BCUT2D eigenvalue weighted by Gasteiger charge is 2.02. The summed E-state index contributed by atoms with van der Waals surface area (Å²) in [4.78, 5) is 4.33. The van der Waals surface area contributed by atoms with E-state index in [2.05, 4.69) is 17.2 Å². The van der Waals surface area contributed by atoms with E-state index >= 15 is 0 Å². The van der Waals surface area contributed by atoms with Crippen molar-refractivity contribution in [3.63, 3.8) is 0 Å². The lowest BCUT2D eigenvalue weighted by molar-refractivity contribution is 0.131. The summed E-state index contributed by atoms with van der Waals surface area (Å²) in [7, 11) is 0. The van der Waals surface area contributed by atoms with Gasteiger partial charge in [0.05, 0.1) is 5.52 Å². The Kier molecular flexibility index (Phi) is 6.09. The van der Waals surface area contributed by atoms with Crippen LogP contribution in [-0.4, -0.2) is 24.7 Å². The summed E-state index contributed by atoms with van der Waals surface area (Å²) in [6.07, 6.45) is 5.13. The minimum absolute atomic E-state index is 0.714. The molecule has 20 heavy (non-hydrogen) atoms. The molecule has 0 saturated carbocycles. The Morgan fingerprint density at radius 2 is 2.05 bits per heavy atom. The van der Waals surface area contributed by atoms with Crippen LogP contribution in [0.15, 0.2) is 30.5 Å². The lowest BCUT2D eigenvalue weighted by Gasteiger charge is -2.09. The topological polar surface area (TPSA) is 34.1 Å². The van der Waals surface area contributed by atoms with E-state index in [0.29, 0.717) is 5.02 Å². The monoisotopic (exact) mass is 292 g/mol. The van der Waals surface area contributed by atoms with Crippen LogP contribution in [0.2, 0.25) is 5.02 Å². The van der Waals surface area contributed by atoms with Gasteiger partial charge in [-0.05, 0) is 37.1 Å². The standard InChI is InChI=1S/C16H21ClN2O/c1-2-3-10-20-11-4-8-18-15-7-9-19-16-12-13(17)5-6-14(15)16/h5-7,9,12H,2-4,8,10-11H2,1H3,(H,18,19). The zero-order valence-electron chi connectivity index (χ0n) is 11.9. The molecule has 0 unspecified atom stereocenters. The Morgan fingerprint density at radius 3 is 2.90 bits per heavy atom. The van der Waals surface area contributed by atoms with Crippen LogP contribution in [0.1, 0.15) is 26.2 Å². The maximum atomic E-state index is 5.98. The molecule has 1 N–H and O–H groups in total. The molecule has 2 aromatic rings. The van der Waals surface area contributed by atoms with E-state index in [1.54, 1.807) is 6.20 Å². The van der Waals surface area contributed by atoms with E-state index in [4.69, 9.17) is 16.3 Å². The molecule has 0 aliphatic heterocycles. The van der Waals surface area contributed by atoms with Crippen molar-refractivity contribution in [2.45, 2.75) is 26.2 Å². The Labute approximate surface area is 125 Å². The number of rotatable bonds is 8. The summed E-state index contributed by atoms with van der Waals surface area (Å²) in [5.41, 5.74) is 2.02. The number of halogens is 1. The van der Waals surface area contributed by atoms with Crippen molar-refractivity contribution in [3.05, 3.63) is 35.5 Å². The number of fused-ring (bicyclic) bond motifs is 1. The van der Waals surface area contributed by atoms with Gasteiger partial charge in [0.25, 0.3) is 0 Å². The molecule has 0 spiro atoms. The van der Waals surface area contributed by atoms with Crippen molar-refractivity contribution in [2.24, 2.45) is 0 Å².